The Morgan fingerprint density at radius 2 is 1.71 bits per heavy atom. The summed E-state index contributed by atoms with van der Waals surface area (Å²) in [6.07, 6.45) is -0.180. The molecule has 1 atom stereocenters. The second-order valence-electron chi connectivity index (χ2n) is 7.39. The molecule has 2 amide bonds. The molecule has 0 aliphatic carbocycles. The number of nitrogens with zero attached hydrogens (tertiary/aromatic N) is 1. The predicted octanol–water partition coefficient (Wildman–Crippen LogP) is 5.26. The lowest BCUT2D eigenvalue weighted by Crippen LogP contribution is -2.48. The molecule has 1 heterocycles. The first-order chi connectivity index (χ1) is 15.1. The molecular formula is C24H23Cl2N3O2. The van der Waals surface area contributed by atoms with Gasteiger partial charge in [0.1, 0.15) is 11.9 Å². The fourth-order valence-corrected chi connectivity index (χ4v) is 3.86. The summed E-state index contributed by atoms with van der Waals surface area (Å²) >= 11 is 12.2. The van der Waals surface area contributed by atoms with Crippen LogP contribution in [0.5, 0.6) is 5.75 Å². The van der Waals surface area contributed by atoms with Crippen molar-refractivity contribution in [3.8, 4) is 5.75 Å². The SMILES string of the molecule is O=C(NCc1ccccc1)NCC1CN(Cc2ccc(Cl)c(Cl)c2)c2ccccc2O1. The van der Waals surface area contributed by atoms with Gasteiger partial charge in [-0.3, -0.25) is 0 Å². The van der Waals surface area contributed by atoms with Crippen molar-refractivity contribution in [2.24, 2.45) is 0 Å². The summed E-state index contributed by atoms with van der Waals surface area (Å²) in [5.41, 5.74) is 3.12. The molecular weight excluding hydrogens is 433 g/mol. The average molecular weight is 456 g/mol. The van der Waals surface area contributed by atoms with Crippen molar-refractivity contribution in [2.45, 2.75) is 19.2 Å². The third-order valence-corrected chi connectivity index (χ3v) is 5.81. The number of anilines is 1. The van der Waals surface area contributed by atoms with Gasteiger partial charge in [-0.05, 0) is 35.4 Å². The van der Waals surface area contributed by atoms with Crippen LogP contribution in [0.25, 0.3) is 0 Å². The molecule has 3 aromatic rings. The van der Waals surface area contributed by atoms with Crippen LogP contribution in [0.15, 0.2) is 72.8 Å². The van der Waals surface area contributed by atoms with Crippen LogP contribution in [-0.2, 0) is 13.1 Å². The van der Waals surface area contributed by atoms with E-state index < -0.39 is 0 Å². The van der Waals surface area contributed by atoms with E-state index in [1.54, 1.807) is 0 Å². The van der Waals surface area contributed by atoms with Gasteiger partial charge in [-0.25, -0.2) is 4.79 Å². The maximum Gasteiger partial charge on any atom is 0.315 e. The molecule has 1 unspecified atom stereocenters. The smallest absolute Gasteiger partial charge is 0.315 e. The first-order valence-electron chi connectivity index (χ1n) is 10.1. The minimum Gasteiger partial charge on any atom is -0.485 e. The van der Waals surface area contributed by atoms with Crippen LogP contribution in [0, 0.1) is 0 Å². The molecule has 3 aromatic carbocycles. The summed E-state index contributed by atoms with van der Waals surface area (Å²) in [4.78, 5) is 14.5. The number of urea groups is 1. The molecule has 2 N–H and O–H groups in total. The van der Waals surface area contributed by atoms with Crippen molar-refractivity contribution < 1.29 is 9.53 Å². The normalized spacial score (nSPS) is 15.0. The lowest BCUT2D eigenvalue weighted by atomic mass is 10.1. The minimum atomic E-state index is -0.220. The van der Waals surface area contributed by atoms with E-state index in [0.717, 1.165) is 22.6 Å². The molecule has 160 valence electrons. The number of para-hydroxylation sites is 2. The van der Waals surface area contributed by atoms with Crippen LogP contribution < -0.4 is 20.3 Å². The summed E-state index contributed by atoms with van der Waals surface area (Å²) in [5.74, 6) is 0.797. The Morgan fingerprint density at radius 3 is 2.52 bits per heavy atom. The van der Waals surface area contributed by atoms with Gasteiger partial charge in [-0.15, -0.1) is 0 Å². The Balaban J connectivity index is 1.38. The monoisotopic (exact) mass is 455 g/mol. The van der Waals surface area contributed by atoms with E-state index >= 15 is 0 Å². The number of hydrogen-bond donors (Lipinski definition) is 2. The van der Waals surface area contributed by atoms with Gasteiger partial charge in [0.25, 0.3) is 0 Å². The third-order valence-electron chi connectivity index (χ3n) is 5.07. The quantitative estimate of drug-likeness (QED) is 0.532. The largest absolute Gasteiger partial charge is 0.485 e. The molecule has 0 saturated carbocycles. The van der Waals surface area contributed by atoms with Crippen LogP contribution in [0.3, 0.4) is 0 Å². The summed E-state index contributed by atoms with van der Waals surface area (Å²) < 4.78 is 6.12. The highest BCUT2D eigenvalue weighted by Crippen LogP contribution is 2.34. The molecule has 0 aromatic heterocycles. The Labute approximate surface area is 191 Å². The third kappa shape index (κ3) is 5.63. The zero-order chi connectivity index (χ0) is 21.6. The Hall–Kier alpha value is -2.89. The van der Waals surface area contributed by atoms with Crippen LogP contribution in [0.4, 0.5) is 10.5 Å². The summed E-state index contributed by atoms with van der Waals surface area (Å²) in [7, 11) is 0. The number of halogens is 2. The summed E-state index contributed by atoms with van der Waals surface area (Å²) in [6.45, 7) is 2.17. The molecule has 7 heteroatoms. The van der Waals surface area contributed by atoms with Gasteiger partial charge < -0.3 is 20.3 Å². The molecule has 0 bridgehead atoms. The second-order valence-corrected chi connectivity index (χ2v) is 8.20. The van der Waals surface area contributed by atoms with E-state index in [4.69, 9.17) is 27.9 Å². The van der Waals surface area contributed by atoms with E-state index in [0.29, 0.717) is 36.2 Å². The number of nitrogens with one attached hydrogen (secondary N) is 2. The minimum absolute atomic E-state index is 0.180. The van der Waals surface area contributed by atoms with E-state index in [1.807, 2.05) is 72.8 Å². The fraction of sp³-hybridized carbons (Fsp3) is 0.208. The van der Waals surface area contributed by atoms with E-state index in [1.165, 1.54) is 0 Å². The topological polar surface area (TPSA) is 53.6 Å². The Bertz CT molecular complexity index is 1050. The van der Waals surface area contributed by atoms with Gasteiger partial charge in [-0.1, -0.05) is 71.7 Å². The predicted molar refractivity (Wildman–Crippen MR) is 125 cm³/mol. The lowest BCUT2D eigenvalue weighted by Gasteiger charge is -2.36. The molecule has 4 rings (SSSR count). The maximum absolute atomic E-state index is 12.2. The first kappa shape index (κ1) is 21.3. The van der Waals surface area contributed by atoms with Crippen LogP contribution in [0.2, 0.25) is 10.0 Å². The van der Waals surface area contributed by atoms with Gasteiger partial charge in [0, 0.05) is 13.1 Å². The number of hydrogen-bond acceptors (Lipinski definition) is 3. The number of carbonyl (C=O) groups is 1. The number of ether oxygens (including phenoxy) is 1. The van der Waals surface area contributed by atoms with Crippen molar-refractivity contribution >= 4 is 34.9 Å². The molecule has 5 nitrogen and oxygen atoms in total. The highest BCUT2D eigenvalue weighted by Gasteiger charge is 2.26. The van der Waals surface area contributed by atoms with Crippen LogP contribution in [0.1, 0.15) is 11.1 Å². The molecule has 0 fully saturated rings. The highest BCUT2D eigenvalue weighted by molar-refractivity contribution is 6.42. The molecule has 0 spiro atoms. The van der Waals surface area contributed by atoms with E-state index in [2.05, 4.69) is 15.5 Å². The van der Waals surface area contributed by atoms with Crippen molar-refractivity contribution in [2.75, 3.05) is 18.0 Å². The van der Waals surface area contributed by atoms with Crippen molar-refractivity contribution in [1.29, 1.82) is 0 Å². The Morgan fingerprint density at radius 1 is 0.935 bits per heavy atom. The van der Waals surface area contributed by atoms with Crippen LogP contribution in [-0.4, -0.2) is 25.2 Å². The molecule has 0 radical (unpaired) electrons. The van der Waals surface area contributed by atoms with Gasteiger partial charge >= 0.3 is 6.03 Å². The number of benzene rings is 3. The second kappa shape index (κ2) is 9.94. The Kier molecular flexibility index (Phi) is 6.85. The van der Waals surface area contributed by atoms with Gasteiger partial charge in [0.05, 0.1) is 28.8 Å². The fourth-order valence-electron chi connectivity index (χ4n) is 3.54. The van der Waals surface area contributed by atoms with E-state index in [-0.39, 0.29) is 12.1 Å². The number of carbonyl (C=O) groups excluding carboxylic acids is 1. The average Bonchev–Trinajstić information content (AvgIpc) is 2.79. The summed E-state index contributed by atoms with van der Waals surface area (Å²) in [5, 5.41) is 6.86. The van der Waals surface area contributed by atoms with Crippen LogP contribution >= 0.6 is 23.2 Å². The first-order valence-corrected chi connectivity index (χ1v) is 10.8. The number of rotatable bonds is 6. The number of fused-ring (bicyclic) bond motifs is 1. The molecule has 0 saturated heterocycles. The number of amides is 2. The molecule has 31 heavy (non-hydrogen) atoms. The zero-order valence-corrected chi connectivity index (χ0v) is 18.4. The van der Waals surface area contributed by atoms with Gasteiger partial charge in [0.15, 0.2) is 0 Å². The van der Waals surface area contributed by atoms with Crippen molar-refractivity contribution in [1.82, 2.24) is 10.6 Å². The standard InChI is InChI=1S/C24H23Cl2N3O2/c25-20-11-10-18(12-21(20)26)15-29-16-19(31-23-9-5-4-8-22(23)29)14-28-24(30)27-13-17-6-2-1-3-7-17/h1-12,19H,13-16H2,(H2,27,28,30). The zero-order valence-electron chi connectivity index (χ0n) is 16.9. The van der Waals surface area contributed by atoms with Crippen molar-refractivity contribution in [3.05, 3.63) is 94.0 Å². The molecule has 1 aliphatic heterocycles. The molecule has 1 aliphatic rings. The van der Waals surface area contributed by atoms with Gasteiger partial charge in [-0.2, -0.15) is 0 Å². The van der Waals surface area contributed by atoms with Gasteiger partial charge in [0.2, 0.25) is 0 Å². The summed E-state index contributed by atoms with van der Waals surface area (Å²) in [6, 6.07) is 23.1. The maximum atomic E-state index is 12.2. The van der Waals surface area contributed by atoms with Crippen molar-refractivity contribution in [3.63, 3.8) is 0 Å². The van der Waals surface area contributed by atoms with E-state index in [9.17, 15) is 4.79 Å². The highest BCUT2D eigenvalue weighted by atomic mass is 35.5. The lowest BCUT2D eigenvalue weighted by molar-refractivity contribution is 0.186.